The second kappa shape index (κ2) is 6.84. The average molecular weight is 324 g/mol. The van der Waals surface area contributed by atoms with Crippen LogP contribution in [0.5, 0.6) is 0 Å². The number of hydrogen-bond acceptors (Lipinski definition) is 3. The summed E-state index contributed by atoms with van der Waals surface area (Å²) >= 11 is 0. The third kappa shape index (κ3) is 3.81. The Morgan fingerprint density at radius 3 is 2.50 bits per heavy atom. The van der Waals surface area contributed by atoms with E-state index in [1.165, 1.54) is 0 Å². The number of aryl methyl sites for hydroxylation is 1. The normalized spacial score (nSPS) is 14.8. The third-order valence-corrected chi connectivity index (χ3v) is 4.03. The molecule has 5 heteroatoms. The Hall–Kier alpha value is -2.66. The second-order valence-electron chi connectivity index (χ2n) is 6.08. The summed E-state index contributed by atoms with van der Waals surface area (Å²) in [5.41, 5.74) is 2.37. The van der Waals surface area contributed by atoms with Gasteiger partial charge in [0, 0.05) is 17.3 Å². The van der Waals surface area contributed by atoms with Crippen molar-refractivity contribution in [2.75, 3.05) is 5.32 Å². The summed E-state index contributed by atoms with van der Waals surface area (Å²) in [6.07, 6.45) is 0.782. The Morgan fingerprint density at radius 2 is 1.83 bits per heavy atom. The molecule has 0 aromatic heterocycles. The molecule has 3 rings (SSSR count). The highest BCUT2D eigenvalue weighted by atomic mass is 16.3. The topological polar surface area (TPSA) is 78.4 Å². The first-order valence-electron chi connectivity index (χ1n) is 8.00. The van der Waals surface area contributed by atoms with Crippen molar-refractivity contribution < 1.29 is 14.7 Å². The predicted molar refractivity (Wildman–Crippen MR) is 91.7 cm³/mol. The van der Waals surface area contributed by atoms with Crippen molar-refractivity contribution in [3.05, 3.63) is 65.2 Å². The maximum Gasteiger partial charge on any atom is 0.257 e. The second-order valence-corrected chi connectivity index (χ2v) is 6.08. The van der Waals surface area contributed by atoms with E-state index in [4.69, 9.17) is 0 Å². The van der Waals surface area contributed by atoms with Gasteiger partial charge in [-0.2, -0.15) is 0 Å². The fraction of sp³-hybridized carbons (Fsp3) is 0.263. The summed E-state index contributed by atoms with van der Waals surface area (Å²) in [4.78, 5) is 24.4. The molecular formula is C19H20N2O3. The van der Waals surface area contributed by atoms with Crippen LogP contribution in [-0.2, 0) is 4.79 Å². The number of nitrogens with one attached hydrogen (secondary N) is 2. The lowest BCUT2D eigenvalue weighted by Crippen LogP contribution is -2.26. The molecule has 1 aliphatic rings. The quantitative estimate of drug-likeness (QED) is 0.791. The first-order valence-corrected chi connectivity index (χ1v) is 8.00. The van der Waals surface area contributed by atoms with Crippen molar-refractivity contribution in [3.63, 3.8) is 0 Å². The number of aliphatic hydroxyl groups is 1. The van der Waals surface area contributed by atoms with E-state index >= 15 is 0 Å². The van der Waals surface area contributed by atoms with Crippen molar-refractivity contribution in [2.45, 2.75) is 31.9 Å². The molecule has 2 amide bonds. The smallest absolute Gasteiger partial charge is 0.257 e. The Labute approximate surface area is 140 Å². The van der Waals surface area contributed by atoms with Crippen LogP contribution in [0.3, 0.4) is 0 Å². The number of aliphatic hydroxyl groups excluding tert-OH is 1. The minimum absolute atomic E-state index is 0.142. The van der Waals surface area contributed by atoms with Crippen molar-refractivity contribution in [2.24, 2.45) is 0 Å². The molecule has 124 valence electrons. The van der Waals surface area contributed by atoms with Gasteiger partial charge in [-0.25, -0.2) is 0 Å². The van der Waals surface area contributed by atoms with Gasteiger partial charge in [-0.05, 0) is 43.0 Å². The number of carbonyl (C=O) groups excluding carboxylic acids is 2. The average Bonchev–Trinajstić information content (AvgIpc) is 3.40. The van der Waals surface area contributed by atoms with E-state index in [2.05, 4.69) is 10.6 Å². The lowest BCUT2D eigenvalue weighted by Gasteiger charge is -2.14. The van der Waals surface area contributed by atoms with Gasteiger partial charge in [0.1, 0.15) is 0 Å². The molecule has 5 nitrogen and oxygen atoms in total. The summed E-state index contributed by atoms with van der Waals surface area (Å²) in [7, 11) is 0. The molecule has 0 bridgehead atoms. The fourth-order valence-corrected chi connectivity index (χ4v) is 2.38. The van der Waals surface area contributed by atoms with Gasteiger partial charge in [-0.15, -0.1) is 0 Å². The SMILES string of the molecule is Cc1ccc(C(=O)NC2CC2)cc1NC(=O)C(O)c1ccccc1. The molecule has 0 spiro atoms. The molecule has 1 fully saturated rings. The highest BCUT2D eigenvalue weighted by Crippen LogP contribution is 2.22. The summed E-state index contributed by atoms with van der Waals surface area (Å²) in [6.45, 7) is 1.84. The standard InChI is InChI=1S/C19H20N2O3/c1-12-7-8-14(18(23)20-15-9-10-15)11-16(12)21-19(24)17(22)13-5-3-2-4-6-13/h2-8,11,15,17,22H,9-10H2,1H3,(H,20,23)(H,21,24). The van der Waals surface area contributed by atoms with Gasteiger partial charge in [-0.1, -0.05) is 36.4 Å². The number of rotatable bonds is 5. The van der Waals surface area contributed by atoms with E-state index in [1.54, 1.807) is 42.5 Å². The number of benzene rings is 2. The molecule has 0 aliphatic heterocycles. The summed E-state index contributed by atoms with van der Waals surface area (Å²) in [5, 5.41) is 15.8. The van der Waals surface area contributed by atoms with E-state index < -0.39 is 12.0 Å². The third-order valence-electron chi connectivity index (χ3n) is 4.03. The number of amides is 2. The van der Waals surface area contributed by atoms with E-state index in [0.29, 0.717) is 16.8 Å². The van der Waals surface area contributed by atoms with E-state index in [1.807, 2.05) is 13.0 Å². The van der Waals surface area contributed by atoms with Crippen molar-refractivity contribution in [1.29, 1.82) is 0 Å². The highest BCUT2D eigenvalue weighted by molar-refractivity contribution is 5.99. The van der Waals surface area contributed by atoms with Gasteiger partial charge in [-0.3, -0.25) is 9.59 Å². The Kier molecular flexibility index (Phi) is 4.62. The monoisotopic (exact) mass is 324 g/mol. The van der Waals surface area contributed by atoms with E-state index in [0.717, 1.165) is 18.4 Å². The van der Waals surface area contributed by atoms with Crippen molar-refractivity contribution in [3.8, 4) is 0 Å². The zero-order valence-electron chi connectivity index (χ0n) is 13.5. The predicted octanol–water partition coefficient (Wildman–Crippen LogP) is 2.56. The number of carbonyl (C=O) groups is 2. The lowest BCUT2D eigenvalue weighted by molar-refractivity contribution is -0.124. The van der Waals surface area contributed by atoms with E-state index in [-0.39, 0.29) is 11.9 Å². The highest BCUT2D eigenvalue weighted by Gasteiger charge is 2.24. The fourth-order valence-electron chi connectivity index (χ4n) is 2.38. The summed E-state index contributed by atoms with van der Waals surface area (Å²) < 4.78 is 0. The number of anilines is 1. The Bertz CT molecular complexity index is 754. The summed E-state index contributed by atoms with van der Waals surface area (Å²) in [6, 6.07) is 14.2. The molecule has 1 aliphatic carbocycles. The van der Waals surface area contributed by atoms with Gasteiger partial charge in [0.2, 0.25) is 0 Å². The zero-order valence-corrected chi connectivity index (χ0v) is 13.5. The molecule has 3 N–H and O–H groups in total. The van der Waals surface area contributed by atoms with Crippen LogP contribution in [0.15, 0.2) is 48.5 Å². The molecule has 2 aromatic rings. The lowest BCUT2D eigenvalue weighted by atomic mass is 10.1. The molecule has 0 heterocycles. The largest absolute Gasteiger partial charge is 0.378 e. The van der Waals surface area contributed by atoms with Crippen LogP contribution in [0.25, 0.3) is 0 Å². The number of hydrogen-bond donors (Lipinski definition) is 3. The van der Waals surface area contributed by atoms with Crippen LogP contribution in [0, 0.1) is 6.92 Å². The first-order chi connectivity index (χ1) is 11.5. The van der Waals surface area contributed by atoms with Crippen LogP contribution >= 0.6 is 0 Å². The molecule has 1 atom stereocenters. The van der Waals surface area contributed by atoms with Gasteiger partial charge in [0.25, 0.3) is 11.8 Å². The van der Waals surface area contributed by atoms with Gasteiger partial charge < -0.3 is 15.7 Å². The molecule has 0 saturated heterocycles. The van der Waals surface area contributed by atoms with Crippen LogP contribution in [0.1, 0.15) is 40.4 Å². The minimum Gasteiger partial charge on any atom is -0.378 e. The van der Waals surface area contributed by atoms with Crippen molar-refractivity contribution in [1.82, 2.24) is 5.32 Å². The Balaban J connectivity index is 1.73. The molecule has 1 saturated carbocycles. The first kappa shape index (κ1) is 16.2. The molecular weight excluding hydrogens is 304 g/mol. The minimum atomic E-state index is -1.26. The zero-order chi connectivity index (χ0) is 17.1. The van der Waals surface area contributed by atoms with Crippen LogP contribution in [-0.4, -0.2) is 23.0 Å². The van der Waals surface area contributed by atoms with Crippen LogP contribution in [0.4, 0.5) is 5.69 Å². The molecule has 1 unspecified atom stereocenters. The van der Waals surface area contributed by atoms with Crippen LogP contribution in [0.2, 0.25) is 0 Å². The van der Waals surface area contributed by atoms with Gasteiger partial charge >= 0.3 is 0 Å². The molecule has 0 radical (unpaired) electrons. The summed E-state index contributed by atoms with van der Waals surface area (Å²) in [5.74, 6) is -0.666. The maximum absolute atomic E-state index is 12.3. The molecule has 2 aromatic carbocycles. The van der Waals surface area contributed by atoms with Gasteiger partial charge in [0.05, 0.1) is 0 Å². The van der Waals surface area contributed by atoms with Crippen molar-refractivity contribution >= 4 is 17.5 Å². The van der Waals surface area contributed by atoms with E-state index in [9.17, 15) is 14.7 Å². The molecule has 24 heavy (non-hydrogen) atoms. The van der Waals surface area contributed by atoms with Gasteiger partial charge in [0.15, 0.2) is 6.10 Å². The Morgan fingerprint density at radius 1 is 1.12 bits per heavy atom. The van der Waals surface area contributed by atoms with Crippen LogP contribution < -0.4 is 10.6 Å². The maximum atomic E-state index is 12.3.